The molecule has 138 valence electrons. The van der Waals surface area contributed by atoms with E-state index >= 15 is 0 Å². The van der Waals surface area contributed by atoms with Crippen molar-refractivity contribution in [2.75, 3.05) is 33.4 Å². The quantitative estimate of drug-likeness (QED) is 0.906. The first kappa shape index (κ1) is 18.3. The van der Waals surface area contributed by atoms with Gasteiger partial charge in [-0.2, -0.15) is 0 Å². The van der Waals surface area contributed by atoms with Gasteiger partial charge >= 0.3 is 0 Å². The van der Waals surface area contributed by atoms with Gasteiger partial charge in [0.2, 0.25) is 0 Å². The second kappa shape index (κ2) is 8.23. The number of ether oxygens (including phenoxy) is 1. The molecule has 4 nitrogen and oxygen atoms in total. The maximum Gasteiger partial charge on any atom is 0.256 e. The summed E-state index contributed by atoms with van der Waals surface area (Å²) in [5.74, 6) is -1.43. The molecule has 0 atom stereocenters. The van der Waals surface area contributed by atoms with Crippen molar-refractivity contribution in [1.82, 2.24) is 10.2 Å². The highest BCUT2D eigenvalue weighted by Gasteiger charge is 2.27. The largest absolute Gasteiger partial charge is 0.381 e. The number of rotatable bonds is 4. The standard InChI is InChI=1S/C19H26F2N2O2/c1-23(14-4-8-22-9-5-14)19(24)15-2-3-17(20)16(18(15)21)12-13-6-10-25-11-7-13/h2-3,13-14,22H,4-12H2,1H3. The normalized spacial score (nSPS) is 19.8. The van der Waals surface area contributed by atoms with Gasteiger partial charge in [-0.05, 0) is 63.2 Å². The van der Waals surface area contributed by atoms with Gasteiger partial charge in [-0.25, -0.2) is 8.78 Å². The molecular weight excluding hydrogens is 326 g/mol. The van der Waals surface area contributed by atoms with E-state index in [0.717, 1.165) is 38.8 Å². The molecule has 3 rings (SSSR count). The summed E-state index contributed by atoms with van der Waals surface area (Å²) in [6.07, 6.45) is 3.61. The lowest BCUT2D eigenvalue weighted by Gasteiger charge is -2.32. The Labute approximate surface area is 147 Å². The van der Waals surface area contributed by atoms with Gasteiger partial charge in [-0.15, -0.1) is 0 Å². The molecule has 0 radical (unpaired) electrons. The number of carbonyl (C=O) groups excluding carboxylic acids is 1. The van der Waals surface area contributed by atoms with Gasteiger partial charge in [0.1, 0.15) is 11.6 Å². The molecule has 0 unspecified atom stereocenters. The SMILES string of the molecule is CN(C(=O)c1ccc(F)c(CC2CCOCC2)c1F)C1CCNCC1. The molecule has 0 spiro atoms. The van der Waals surface area contributed by atoms with Crippen LogP contribution in [0.25, 0.3) is 0 Å². The number of halogens is 2. The van der Waals surface area contributed by atoms with Gasteiger partial charge in [0.25, 0.3) is 5.91 Å². The summed E-state index contributed by atoms with van der Waals surface area (Å²) in [6.45, 7) is 2.96. The van der Waals surface area contributed by atoms with Crippen molar-refractivity contribution in [3.63, 3.8) is 0 Å². The van der Waals surface area contributed by atoms with E-state index < -0.39 is 11.6 Å². The number of hydrogen-bond acceptors (Lipinski definition) is 3. The molecule has 2 aliphatic rings. The molecule has 25 heavy (non-hydrogen) atoms. The van der Waals surface area contributed by atoms with Crippen LogP contribution in [0.15, 0.2) is 12.1 Å². The predicted molar refractivity (Wildman–Crippen MR) is 91.6 cm³/mol. The number of carbonyl (C=O) groups is 1. The zero-order valence-corrected chi connectivity index (χ0v) is 14.7. The Balaban J connectivity index is 1.78. The van der Waals surface area contributed by atoms with Crippen LogP contribution in [0, 0.1) is 17.6 Å². The first-order valence-corrected chi connectivity index (χ1v) is 9.10. The summed E-state index contributed by atoms with van der Waals surface area (Å²) < 4.78 is 34.4. The molecule has 0 saturated carbocycles. The smallest absolute Gasteiger partial charge is 0.256 e. The lowest BCUT2D eigenvalue weighted by atomic mass is 9.91. The van der Waals surface area contributed by atoms with E-state index in [2.05, 4.69) is 5.32 Å². The predicted octanol–water partition coefficient (Wildman–Crippen LogP) is 2.76. The summed E-state index contributed by atoms with van der Waals surface area (Å²) in [4.78, 5) is 14.4. The number of nitrogens with one attached hydrogen (secondary N) is 1. The average Bonchev–Trinajstić information content (AvgIpc) is 2.65. The fourth-order valence-electron chi connectivity index (χ4n) is 3.74. The van der Waals surface area contributed by atoms with Crippen LogP contribution in [-0.4, -0.2) is 50.2 Å². The van der Waals surface area contributed by atoms with Crippen LogP contribution in [0.2, 0.25) is 0 Å². The van der Waals surface area contributed by atoms with E-state index in [1.165, 1.54) is 12.1 Å². The third kappa shape index (κ3) is 4.18. The van der Waals surface area contributed by atoms with E-state index in [4.69, 9.17) is 4.74 Å². The van der Waals surface area contributed by atoms with E-state index in [1.54, 1.807) is 11.9 Å². The molecule has 0 bridgehead atoms. The van der Waals surface area contributed by atoms with Crippen molar-refractivity contribution in [1.29, 1.82) is 0 Å². The average molecular weight is 352 g/mol. The van der Waals surface area contributed by atoms with Crippen LogP contribution in [0.5, 0.6) is 0 Å². The first-order chi connectivity index (χ1) is 12.1. The van der Waals surface area contributed by atoms with Crippen LogP contribution in [0.3, 0.4) is 0 Å². The molecular formula is C19H26F2N2O2. The number of piperidine rings is 1. The molecule has 1 amide bonds. The van der Waals surface area contributed by atoms with Gasteiger partial charge in [0.15, 0.2) is 0 Å². The molecule has 1 aromatic carbocycles. The minimum Gasteiger partial charge on any atom is -0.381 e. The molecule has 0 aromatic heterocycles. The molecule has 2 fully saturated rings. The summed E-state index contributed by atoms with van der Waals surface area (Å²) in [5.41, 5.74) is 0.0148. The molecule has 6 heteroatoms. The molecule has 1 aromatic rings. The zero-order chi connectivity index (χ0) is 17.8. The van der Waals surface area contributed by atoms with E-state index in [1.807, 2.05) is 0 Å². The summed E-state index contributed by atoms with van der Waals surface area (Å²) in [7, 11) is 1.71. The Bertz CT molecular complexity index is 612. The van der Waals surface area contributed by atoms with Gasteiger partial charge < -0.3 is 15.0 Å². The molecule has 2 aliphatic heterocycles. The van der Waals surface area contributed by atoms with Crippen LogP contribution in [0.4, 0.5) is 8.78 Å². The van der Waals surface area contributed by atoms with Crippen LogP contribution >= 0.6 is 0 Å². The highest BCUT2D eigenvalue weighted by atomic mass is 19.1. The zero-order valence-electron chi connectivity index (χ0n) is 14.7. The molecule has 2 saturated heterocycles. The fraction of sp³-hybridized carbons (Fsp3) is 0.632. The maximum atomic E-state index is 14.9. The summed E-state index contributed by atoms with van der Waals surface area (Å²) >= 11 is 0. The van der Waals surface area contributed by atoms with E-state index in [-0.39, 0.29) is 29.0 Å². The molecule has 0 aliphatic carbocycles. The minimum absolute atomic E-state index is 0.0236. The third-order valence-electron chi connectivity index (χ3n) is 5.43. The van der Waals surface area contributed by atoms with Crippen molar-refractivity contribution >= 4 is 5.91 Å². The number of benzene rings is 1. The lowest BCUT2D eigenvalue weighted by Crippen LogP contribution is -2.44. The highest BCUT2D eigenvalue weighted by molar-refractivity contribution is 5.94. The summed E-state index contributed by atoms with van der Waals surface area (Å²) in [6, 6.07) is 2.59. The van der Waals surface area contributed by atoms with Crippen LogP contribution in [0.1, 0.15) is 41.6 Å². The molecule has 2 heterocycles. The number of amides is 1. The minimum atomic E-state index is -0.697. The number of nitrogens with zero attached hydrogens (tertiary/aromatic N) is 1. The Morgan fingerprint density at radius 1 is 1.20 bits per heavy atom. The number of hydrogen-bond donors (Lipinski definition) is 1. The van der Waals surface area contributed by atoms with Crippen molar-refractivity contribution in [3.05, 3.63) is 34.9 Å². The maximum absolute atomic E-state index is 14.9. The van der Waals surface area contributed by atoms with E-state index in [0.29, 0.717) is 19.6 Å². The first-order valence-electron chi connectivity index (χ1n) is 9.10. The van der Waals surface area contributed by atoms with Crippen LogP contribution in [-0.2, 0) is 11.2 Å². The van der Waals surface area contributed by atoms with Crippen molar-refractivity contribution in [3.8, 4) is 0 Å². The Kier molecular flexibility index (Phi) is 6.02. The van der Waals surface area contributed by atoms with Gasteiger partial charge in [0.05, 0.1) is 5.56 Å². The second-order valence-corrected chi connectivity index (χ2v) is 7.04. The topological polar surface area (TPSA) is 41.6 Å². The third-order valence-corrected chi connectivity index (χ3v) is 5.43. The second-order valence-electron chi connectivity index (χ2n) is 7.04. The molecule has 1 N–H and O–H groups in total. The Hall–Kier alpha value is -1.53. The van der Waals surface area contributed by atoms with Gasteiger partial charge in [-0.3, -0.25) is 4.79 Å². The Morgan fingerprint density at radius 3 is 2.56 bits per heavy atom. The van der Waals surface area contributed by atoms with Crippen LogP contribution < -0.4 is 5.32 Å². The van der Waals surface area contributed by atoms with Crippen molar-refractivity contribution in [2.45, 2.75) is 38.1 Å². The van der Waals surface area contributed by atoms with Crippen molar-refractivity contribution < 1.29 is 18.3 Å². The van der Waals surface area contributed by atoms with Gasteiger partial charge in [-0.1, -0.05) is 0 Å². The monoisotopic (exact) mass is 352 g/mol. The summed E-state index contributed by atoms with van der Waals surface area (Å²) in [5, 5.41) is 3.25. The Morgan fingerprint density at radius 2 is 1.88 bits per heavy atom. The van der Waals surface area contributed by atoms with E-state index in [9.17, 15) is 13.6 Å². The highest BCUT2D eigenvalue weighted by Crippen LogP contribution is 2.26. The fourth-order valence-corrected chi connectivity index (χ4v) is 3.74. The van der Waals surface area contributed by atoms with Gasteiger partial charge in [0, 0.05) is 31.9 Å². The van der Waals surface area contributed by atoms with Crippen molar-refractivity contribution in [2.24, 2.45) is 5.92 Å². The lowest BCUT2D eigenvalue weighted by molar-refractivity contribution is 0.0656.